The first-order chi connectivity index (χ1) is 6.81. The Bertz CT molecular complexity index is 297. The standard InChI is InChI=1S/C11H15BrN2/c1-2-10-4-3-7-14(10)11-6-5-9(12)8-13-11/h5-6,8,10H,2-4,7H2,1H3. The molecule has 3 heteroatoms. The topological polar surface area (TPSA) is 16.1 Å². The largest absolute Gasteiger partial charge is 0.354 e. The molecule has 1 saturated heterocycles. The number of hydrogen-bond acceptors (Lipinski definition) is 2. The molecule has 76 valence electrons. The fourth-order valence-electron chi connectivity index (χ4n) is 2.10. The third-order valence-corrected chi connectivity index (χ3v) is 3.32. The van der Waals surface area contributed by atoms with Crippen LogP contribution in [0.4, 0.5) is 5.82 Å². The van der Waals surface area contributed by atoms with Gasteiger partial charge < -0.3 is 4.90 Å². The third kappa shape index (κ3) is 1.92. The molecule has 1 fully saturated rings. The summed E-state index contributed by atoms with van der Waals surface area (Å²) < 4.78 is 1.05. The quantitative estimate of drug-likeness (QED) is 0.806. The van der Waals surface area contributed by atoms with Crippen LogP contribution in [0.2, 0.25) is 0 Å². The first kappa shape index (κ1) is 9.97. The summed E-state index contributed by atoms with van der Waals surface area (Å²) in [7, 11) is 0. The highest BCUT2D eigenvalue weighted by atomic mass is 79.9. The van der Waals surface area contributed by atoms with Crippen LogP contribution in [0.25, 0.3) is 0 Å². The van der Waals surface area contributed by atoms with Crippen LogP contribution in [0.15, 0.2) is 22.8 Å². The van der Waals surface area contributed by atoms with Gasteiger partial charge in [-0.1, -0.05) is 6.92 Å². The van der Waals surface area contributed by atoms with Crippen molar-refractivity contribution in [1.29, 1.82) is 0 Å². The molecule has 0 aliphatic carbocycles. The molecule has 1 unspecified atom stereocenters. The molecule has 0 saturated carbocycles. The van der Waals surface area contributed by atoms with E-state index in [4.69, 9.17) is 0 Å². The normalized spacial score (nSPS) is 21.6. The summed E-state index contributed by atoms with van der Waals surface area (Å²) in [4.78, 5) is 6.86. The van der Waals surface area contributed by atoms with Gasteiger partial charge >= 0.3 is 0 Å². The average Bonchev–Trinajstić information content (AvgIpc) is 2.67. The van der Waals surface area contributed by atoms with E-state index in [1.54, 1.807) is 0 Å². The molecular formula is C11H15BrN2. The van der Waals surface area contributed by atoms with Crippen LogP contribution in [-0.4, -0.2) is 17.6 Å². The molecule has 2 nitrogen and oxygen atoms in total. The minimum absolute atomic E-state index is 0.698. The van der Waals surface area contributed by atoms with Crippen molar-refractivity contribution in [2.45, 2.75) is 32.2 Å². The lowest BCUT2D eigenvalue weighted by Crippen LogP contribution is -2.29. The predicted molar refractivity (Wildman–Crippen MR) is 62.6 cm³/mol. The molecule has 1 atom stereocenters. The van der Waals surface area contributed by atoms with Gasteiger partial charge in [0.2, 0.25) is 0 Å². The summed E-state index contributed by atoms with van der Waals surface area (Å²) in [6.45, 7) is 3.41. The van der Waals surface area contributed by atoms with Gasteiger partial charge in [0.1, 0.15) is 5.82 Å². The van der Waals surface area contributed by atoms with E-state index in [2.05, 4.69) is 44.9 Å². The second kappa shape index (κ2) is 4.30. The third-order valence-electron chi connectivity index (χ3n) is 2.85. The average molecular weight is 255 g/mol. The minimum Gasteiger partial charge on any atom is -0.354 e. The van der Waals surface area contributed by atoms with Gasteiger partial charge in [-0.25, -0.2) is 4.98 Å². The van der Waals surface area contributed by atoms with Crippen molar-refractivity contribution in [3.05, 3.63) is 22.8 Å². The summed E-state index contributed by atoms with van der Waals surface area (Å²) in [6, 6.07) is 4.86. The van der Waals surface area contributed by atoms with E-state index in [9.17, 15) is 0 Å². The molecule has 1 aliphatic rings. The highest BCUT2D eigenvalue weighted by Crippen LogP contribution is 2.26. The summed E-state index contributed by atoms with van der Waals surface area (Å²) >= 11 is 3.41. The molecule has 14 heavy (non-hydrogen) atoms. The molecule has 1 aromatic rings. The summed E-state index contributed by atoms with van der Waals surface area (Å²) in [5, 5.41) is 0. The van der Waals surface area contributed by atoms with Crippen LogP contribution in [0.3, 0.4) is 0 Å². The van der Waals surface area contributed by atoms with Gasteiger partial charge in [-0.05, 0) is 47.3 Å². The molecule has 0 amide bonds. The molecule has 0 N–H and O–H groups in total. The van der Waals surface area contributed by atoms with E-state index in [0.29, 0.717) is 6.04 Å². The Hall–Kier alpha value is -0.570. The summed E-state index contributed by atoms with van der Waals surface area (Å²) in [5.41, 5.74) is 0. The van der Waals surface area contributed by atoms with Gasteiger partial charge in [0, 0.05) is 23.3 Å². The van der Waals surface area contributed by atoms with Crippen LogP contribution < -0.4 is 4.90 Å². The maximum Gasteiger partial charge on any atom is 0.128 e. The molecule has 1 aliphatic heterocycles. The zero-order valence-electron chi connectivity index (χ0n) is 8.41. The number of anilines is 1. The highest BCUT2D eigenvalue weighted by Gasteiger charge is 2.23. The second-order valence-electron chi connectivity index (χ2n) is 3.73. The minimum atomic E-state index is 0.698. The van der Waals surface area contributed by atoms with Gasteiger partial charge in [0.05, 0.1) is 0 Å². The Balaban J connectivity index is 2.17. The van der Waals surface area contributed by atoms with E-state index >= 15 is 0 Å². The summed E-state index contributed by atoms with van der Waals surface area (Å²) in [5.74, 6) is 1.12. The second-order valence-corrected chi connectivity index (χ2v) is 4.65. The fourth-order valence-corrected chi connectivity index (χ4v) is 2.33. The first-order valence-corrected chi connectivity index (χ1v) is 5.98. The van der Waals surface area contributed by atoms with Crippen molar-refractivity contribution < 1.29 is 0 Å². The molecule has 0 bridgehead atoms. The fraction of sp³-hybridized carbons (Fsp3) is 0.545. The zero-order chi connectivity index (χ0) is 9.97. The van der Waals surface area contributed by atoms with E-state index in [-0.39, 0.29) is 0 Å². The lowest BCUT2D eigenvalue weighted by Gasteiger charge is -2.24. The molecule has 0 aromatic carbocycles. The predicted octanol–water partition coefficient (Wildman–Crippen LogP) is 3.22. The zero-order valence-corrected chi connectivity index (χ0v) is 10.00. The number of pyridine rings is 1. The first-order valence-electron chi connectivity index (χ1n) is 5.19. The molecule has 2 rings (SSSR count). The molecule has 0 radical (unpaired) electrons. The van der Waals surface area contributed by atoms with Gasteiger partial charge in [0.15, 0.2) is 0 Å². The lowest BCUT2D eigenvalue weighted by atomic mass is 10.2. The van der Waals surface area contributed by atoms with Crippen molar-refractivity contribution in [2.24, 2.45) is 0 Å². The Morgan fingerprint density at radius 3 is 3.07 bits per heavy atom. The van der Waals surface area contributed by atoms with E-state index in [0.717, 1.165) is 16.8 Å². The van der Waals surface area contributed by atoms with Crippen LogP contribution in [-0.2, 0) is 0 Å². The Labute approximate surface area is 93.5 Å². The number of rotatable bonds is 2. The molecular weight excluding hydrogens is 240 g/mol. The van der Waals surface area contributed by atoms with Crippen molar-refractivity contribution in [3.63, 3.8) is 0 Å². The van der Waals surface area contributed by atoms with Gasteiger partial charge in [-0.2, -0.15) is 0 Å². The number of halogens is 1. The maximum absolute atomic E-state index is 4.44. The highest BCUT2D eigenvalue weighted by molar-refractivity contribution is 9.10. The van der Waals surface area contributed by atoms with Crippen molar-refractivity contribution >= 4 is 21.7 Å². The molecule has 1 aromatic heterocycles. The number of hydrogen-bond donors (Lipinski definition) is 0. The van der Waals surface area contributed by atoms with Gasteiger partial charge in [-0.3, -0.25) is 0 Å². The number of aromatic nitrogens is 1. The maximum atomic E-state index is 4.44. The monoisotopic (exact) mass is 254 g/mol. The van der Waals surface area contributed by atoms with Crippen LogP contribution in [0.1, 0.15) is 26.2 Å². The van der Waals surface area contributed by atoms with Gasteiger partial charge in [-0.15, -0.1) is 0 Å². The Morgan fingerprint density at radius 1 is 1.57 bits per heavy atom. The SMILES string of the molecule is CCC1CCCN1c1ccc(Br)cn1. The van der Waals surface area contributed by atoms with Crippen molar-refractivity contribution in [3.8, 4) is 0 Å². The van der Waals surface area contributed by atoms with E-state index in [1.807, 2.05) is 6.20 Å². The van der Waals surface area contributed by atoms with Crippen LogP contribution in [0, 0.1) is 0 Å². The van der Waals surface area contributed by atoms with E-state index < -0.39 is 0 Å². The Kier molecular flexibility index (Phi) is 3.06. The molecule has 2 heterocycles. The van der Waals surface area contributed by atoms with Crippen molar-refractivity contribution in [2.75, 3.05) is 11.4 Å². The van der Waals surface area contributed by atoms with E-state index in [1.165, 1.54) is 19.3 Å². The summed E-state index contributed by atoms with van der Waals surface area (Å²) in [6.07, 6.45) is 5.71. The smallest absolute Gasteiger partial charge is 0.128 e. The Morgan fingerprint density at radius 2 is 2.43 bits per heavy atom. The molecule has 0 spiro atoms. The lowest BCUT2D eigenvalue weighted by molar-refractivity contribution is 0.640. The van der Waals surface area contributed by atoms with Crippen LogP contribution in [0.5, 0.6) is 0 Å². The van der Waals surface area contributed by atoms with Gasteiger partial charge in [0.25, 0.3) is 0 Å². The number of nitrogens with zero attached hydrogens (tertiary/aromatic N) is 2. The van der Waals surface area contributed by atoms with Crippen LogP contribution >= 0.6 is 15.9 Å². The van der Waals surface area contributed by atoms with Crippen molar-refractivity contribution in [1.82, 2.24) is 4.98 Å².